The van der Waals surface area contributed by atoms with Crippen molar-refractivity contribution in [2.24, 2.45) is 0 Å². The number of benzene rings is 1. The third kappa shape index (κ3) is 4.32. The summed E-state index contributed by atoms with van der Waals surface area (Å²) in [5, 5.41) is 15.7. The number of aliphatic carboxylic acids is 1. The van der Waals surface area contributed by atoms with Crippen LogP contribution in [0.5, 0.6) is 0 Å². The average Bonchev–Trinajstić information content (AvgIpc) is 2.89. The van der Waals surface area contributed by atoms with Gasteiger partial charge in [0.05, 0.1) is 5.69 Å². The SMILES string of the molecule is C=CCCC(NC(=O)c1ccc(-n2nc(C)cc2C)c(F)c1)C(=O)O. The van der Waals surface area contributed by atoms with Crippen molar-refractivity contribution in [1.82, 2.24) is 15.1 Å². The Morgan fingerprint density at radius 3 is 2.64 bits per heavy atom. The molecule has 25 heavy (non-hydrogen) atoms. The molecule has 0 saturated carbocycles. The number of hydrogen-bond acceptors (Lipinski definition) is 3. The number of hydrogen-bond donors (Lipinski definition) is 2. The molecule has 1 amide bonds. The fraction of sp³-hybridized carbons (Fsp3) is 0.278. The molecule has 0 radical (unpaired) electrons. The van der Waals surface area contributed by atoms with E-state index in [4.69, 9.17) is 5.11 Å². The highest BCUT2D eigenvalue weighted by molar-refractivity contribution is 5.96. The predicted molar refractivity (Wildman–Crippen MR) is 91.3 cm³/mol. The molecule has 1 atom stereocenters. The van der Waals surface area contributed by atoms with Crippen LogP contribution in [0.4, 0.5) is 4.39 Å². The number of carboxylic acids is 1. The number of aryl methyl sites for hydroxylation is 2. The highest BCUT2D eigenvalue weighted by atomic mass is 19.1. The monoisotopic (exact) mass is 345 g/mol. The van der Waals surface area contributed by atoms with Gasteiger partial charge >= 0.3 is 5.97 Å². The van der Waals surface area contributed by atoms with Crippen molar-refractivity contribution >= 4 is 11.9 Å². The Bertz CT molecular complexity index is 814. The summed E-state index contributed by atoms with van der Waals surface area (Å²) in [5.41, 5.74) is 1.80. The van der Waals surface area contributed by atoms with E-state index in [1.165, 1.54) is 16.8 Å². The first kappa shape index (κ1) is 18.4. The Morgan fingerprint density at radius 1 is 1.40 bits per heavy atom. The van der Waals surface area contributed by atoms with E-state index in [0.717, 1.165) is 17.5 Å². The molecular formula is C18H20FN3O3. The predicted octanol–water partition coefficient (Wildman–Crippen LogP) is 2.78. The third-order valence-corrected chi connectivity index (χ3v) is 3.71. The Kier molecular flexibility index (Phi) is 5.69. The Balaban J connectivity index is 2.21. The first-order chi connectivity index (χ1) is 11.8. The van der Waals surface area contributed by atoms with Crippen LogP contribution < -0.4 is 5.32 Å². The number of rotatable bonds is 7. The van der Waals surface area contributed by atoms with Gasteiger partial charge in [-0.25, -0.2) is 13.9 Å². The first-order valence-electron chi connectivity index (χ1n) is 7.81. The first-order valence-corrected chi connectivity index (χ1v) is 7.81. The van der Waals surface area contributed by atoms with Crippen LogP contribution in [0.1, 0.15) is 34.6 Å². The number of nitrogens with zero attached hydrogens (tertiary/aromatic N) is 2. The topological polar surface area (TPSA) is 84.2 Å². The summed E-state index contributed by atoms with van der Waals surface area (Å²) in [6, 6.07) is 4.73. The zero-order valence-corrected chi connectivity index (χ0v) is 14.1. The minimum absolute atomic E-state index is 0.0487. The molecule has 0 fully saturated rings. The van der Waals surface area contributed by atoms with Crippen LogP contribution >= 0.6 is 0 Å². The van der Waals surface area contributed by atoms with Gasteiger partial charge in [0.25, 0.3) is 5.91 Å². The van der Waals surface area contributed by atoms with Crippen molar-refractivity contribution in [2.75, 3.05) is 0 Å². The van der Waals surface area contributed by atoms with Crippen LogP contribution in [-0.2, 0) is 4.79 Å². The number of carbonyl (C=O) groups is 2. The summed E-state index contributed by atoms with van der Waals surface area (Å²) in [7, 11) is 0. The molecule has 1 aromatic heterocycles. The van der Waals surface area contributed by atoms with Crippen LogP contribution in [0, 0.1) is 19.7 Å². The fourth-order valence-electron chi connectivity index (χ4n) is 2.48. The number of amides is 1. The molecule has 1 aromatic carbocycles. The lowest BCUT2D eigenvalue weighted by molar-refractivity contribution is -0.139. The molecule has 1 heterocycles. The molecule has 132 valence electrons. The lowest BCUT2D eigenvalue weighted by Crippen LogP contribution is -2.40. The molecule has 0 aliphatic rings. The second-order valence-electron chi connectivity index (χ2n) is 5.74. The average molecular weight is 345 g/mol. The molecule has 2 rings (SSSR count). The summed E-state index contributed by atoms with van der Waals surface area (Å²) in [5.74, 6) is -2.40. The number of halogens is 1. The maximum atomic E-state index is 14.4. The smallest absolute Gasteiger partial charge is 0.326 e. The molecule has 2 N–H and O–H groups in total. The number of nitrogens with one attached hydrogen (secondary N) is 1. The van der Waals surface area contributed by atoms with Gasteiger partial charge in [-0.15, -0.1) is 6.58 Å². The van der Waals surface area contributed by atoms with Gasteiger partial charge in [-0.1, -0.05) is 6.08 Å². The van der Waals surface area contributed by atoms with Crippen molar-refractivity contribution in [3.8, 4) is 5.69 Å². The van der Waals surface area contributed by atoms with Gasteiger partial charge in [0.2, 0.25) is 0 Å². The zero-order valence-electron chi connectivity index (χ0n) is 14.1. The molecule has 6 nitrogen and oxygen atoms in total. The normalized spacial score (nSPS) is 11.8. The minimum atomic E-state index is -1.14. The maximum Gasteiger partial charge on any atom is 0.326 e. The van der Waals surface area contributed by atoms with E-state index in [1.807, 2.05) is 6.07 Å². The van der Waals surface area contributed by atoms with Crippen LogP contribution in [0.25, 0.3) is 5.69 Å². The van der Waals surface area contributed by atoms with Crippen molar-refractivity contribution in [3.63, 3.8) is 0 Å². The second-order valence-corrected chi connectivity index (χ2v) is 5.74. The minimum Gasteiger partial charge on any atom is -0.480 e. The number of aromatic nitrogens is 2. The van der Waals surface area contributed by atoms with Crippen LogP contribution in [0.2, 0.25) is 0 Å². The molecule has 0 saturated heterocycles. The highest BCUT2D eigenvalue weighted by Crippen LogP contribution is 2.17. The molecule has 7 heteroatoms. The van der Waals surface area contributed by atoms with Gasteiger partial charge in [0, 0.05) is 11.3 Å². The van der Waals surface area contributed by atoms with Crippen LogP contribution in [-0.4, -0.2) is 32.8 Å². The van der Waals surface area contributed by atoms with E-state index >= 15 is 0 Å². The van der Waals surface area contributed by atoms with Gasteiger partial charge in [0.15, 0.2) is 0 Å². The molecule has 0 aliphatic heterocycles. The third-order valence-electron chi connectivity index (χ3n) is 3.71. The fourth-order valence-corrected chi connectivity index (χ4v) is 2.48. The lowest BCUT2D eigenvalue weighted by Gasteiger charge is -2.14. The van der Waals surface area contributed by atoms with Gasteiger partial charge < -0.3 is 10.4 Å². The van der Waals surface area contributed by atoms with Crippen molar-refractivity contribution < 1.29 is 19.1 Å². The zero-order chi connectivity index (χ0) is 18.6. The van der Waals surface area contributed by atoms with E-state index in [9.17, 15) is 14.0 Å². The lowest BCUT2D eigenvalue weighted by atomic mass is 10.1. The van der Waals surface area contributed by atoms with E-state index in [1.54, 1.807) is 19.9 Å². The van der Waals surface area contributed by atoms with E-state index < -0.39 is 23.7 Å². The van der Waals surface area contributed by atoms with E-state index in [-0.39, 0.29) is 17.7 Å². The molecule has 0 aliphatic carbocycles. The number of allylic oxidation sites excluding steroid dienone is 1. The molecule has 2 aromatic rings. The van der Waals surface area contributed by atoms with Gasteiger partial charge in [0.1, 0.15) is 17.5 Å². The van der Waals surface area contributed by atoms with Crippen molar-refractivity contribution in [2.45, 2.75) is 32.7 Å². The Labute approximate surface area is 145 Å². The van der Waals surface area contributed by atoms with Crippen molar-refractivity contribution in [3.05, 3.63) is 59.7 Å². The molecule has 0 bridgehead atoms. The van der Waals surface area contributed by atoms with Crippen LogP contribution in [0.15, 0.2) is 36.9 Å². The van der Waals surface area contributed by atoms with E-state index in [2.05, 4.69) is 17.0 Å². The Morgan fingerprint density at radius 2 is 2.12 bits per heavy atom. The number of carboxylic acid groups (broad SMARTS) is 1. The van der Waals surface area contributed by atoms with E-state index in [0.29, 0.717) is 6.42 Å². The summed E-state index contributed by atoms with van der Waals surface area (Å²) in [4.78, 5) is 23.4. The summed E-state index contributed by atoms with van der Waals surface area (Å²) < 4.78 is 15.9. The second kappa shape index (κ2) is 7.74. The van der Waals surface area contributed by atoms with Gasteiger partial charge in [-0.3, -0.25) is 4.79 Å². The highest BCUT2D eigenvalue weighted by Gasteiger charge is 2.21. The molecular weight excluding hydrogens is 325 g/mol. The largest absolute Gasteiger partial charge is 0.480 e. The van der Waals surface area contributed by atoms with Gasteiger partial charge in [-0.05, 0) is 51.0 Å². The van der Waals surface area contributed by atoms with Crippen molar-refractivity contribution in [1.29, 1.82) is 0 Å². The summed E-state index contributed by atoms with van der Waals surface area (Å²) in [6.45, 7) is 7.13. The summed E-state index contributed by atoms with van der Waals surface area (Å²) >= 11 is 0. The quantitative estimate of drug-likeness (QED) is 0.756. The maximum absolute atomic E-state index is 14.4. The van der Waals surface area contributed by atoms with Crippen LogP contribution in [0.3, 0.4) is 0 Å². The molecule has 1 unspecified atom stereocenters. The standard InChI is InChI=1S/C18H20FN3O3/c1-4-5-6-15(18(24)25)20-17(23)13-7-8-16(14(19)10-13)22-12(3)9-11(2)21-22/h4,7-10,15H,1,5-6H2,2-3H3,(H,20,23)(H,24,25). The Hall–Kier alpha value is -2.96. The molecule has 0 spiro atoms. The summed E-state index contributed by atoms with van der Waals surface area (Å²) in [6.07, 6.45) is 2.24. The number of carbonyl (C=O) groups excluding carboxylic acids is 1. The van der Waals surface area contributed by atoms with Gasteiger partial charge in [-0.2, -0.15) is 5.10 Å².